The van der Waals surface area contributed by atoms with Gasteiger partial charge in [-0.1, -0.05) is 42.5 Å². The van der Waals surface area contributed by atoms with Crippen LogP contribution in [0.5, 0.6) is 0 Å². The van der Waals surface area contributed by atoms with E-state index in [0.717, 1.165) is 40.3 Å². The van der Waals surface area contributed by atoms with Gasteiger partial charge in [-0.25, -0.2) is 8.78 Å². The molecule has 156 valence electrons. The summed E-state index contributed by atoms with van der Waals surface area (Å²) in [7, 11) is 0. The van der Waals surface area contributed by atoms with Crippen molar-refractivity contribution in [2.75, 3.05) is 0 Å². The fourth-order valence-electron chi connectivity index (χ4n) is 4.26. The maximum Gasteiger partial charge on any atom is 0.136 e. The molecule has 0 saturated heterocycles. The lowest BCUT2D eigenvalue weighted by atomic mass is 9.80. The molecular formula is C28H19F2NS. The molecule has 5 rings (SSSR count). The van der Waals surface area contributed by atoms with Crippen LogP contribution < -0.4 is 0 Å². The highest BCUT2D eigenvalue weighted by Crippen LogP contribution is 2.36. The van der Waals surface area contributed by atoms with Crippen LogP contribution in [0.4, 0.5) is 14.5 Å². The quantitative estimate of drug-likeness (QED) is 0.232. The van der Waals surface area contributed by atoms with Crippen LogP contribution in [-0.4, -0.2) is 5.16 Å². The molecular weight excluding hydrogens is 420 g/mol. The molecule has 3 aromatic rings. The van der Waals surface area contributed by atoms with E-state index in [1.165, 1.54) is 24.8 Å². The van der Waals surface area contributed by atoms with E-state index in [1.54, 1.807) is 6.07 Å². The fraction of sp³-hybridized carbons (Fsp3) is 0.179. The highest BCUT2D eigenvalue weighted by Gasteiger charge is 2.19. The number of benzene rings is 3. The van der Waals surface area contributed by atoms with Crippen LogP contribution in [0.3, 0.4) is 0 Å². The summed E-state index contributed by atoms with van der Waals surface area (Å²) in [5.41, 5.74) is 5.96. The lowest BCUT2D eigenvalue weighted by Gasteiger charge is -2.25. The maximum atomic E-state index is 14.6. The lowest BCUT2D eigenvalue weighted by molar-refractivity contribution is 0.420. The van der Waals surface area contributed by atoms with E-state index in [0.29, 0.717) is 12.0 Å². The van der Waals surface area contributed by atoms with E-state index < -0.39 is 11.6 Å². The zero-order valence-electron chi connectivity index (χ0n) is 17.3. The summed E-state index contributed by atoms with van der Waals surface area (Å²) in [4.78, 5) is 3.66. The number of allylic oxidation sites excluding steroid dienone is 1. The van der Waals surface area contributed by atoms with Crippen molar-refractivity contribution in [1.82, 2.24) is 0 Å². The van der Waals surface area contributed by atoms with Gasteiger partial charge in [0.25, 0.3) is 0 Å². The van der Waals surface area contributed by atoms with Crippen LogP contribution in [0.15, 0.2) is 65.2 Å². The van der Waals surface area contributed by atoms with Crippen LogP contribution >= 0.6 is 12.2 Å². The minimum absolute atomic E-state index is 0.0674. The number of isothiocyanates is 1. The minimum Gasteiger partial charge on any atom is -0.206 e. The number of aliphatic imine (C=N–C) groups is 1. The SMILES string of the molecule is Fc1cc(N=C=S)cc(F)c1-c1ccc2c(c1)CC(C#Cc1ccc(C3CCC3)cc1)=C2. The topological polar surface area (TPSA) is 12.4 Å². The molecule has 0 heterocycles. The number of hydrogen-bond donors (Lipinski definition) is 0. The van der Waals surface area contributed by atoms with Crippen molar-refractivity contribution >= 4 is 29.1 Å². The van der Waals surface area contributed by atoms with Crippen molar-refractivity contribution in [3.63, 3.8) is 0 Å². The number of thiocarbonyl (C=S) groups is 1. The van der Waals surface area contributed by atoms with Crippen LogP contribution in [-0.2, 0) is 6.42 Å². The predicted molar refractivity (Wildman–Crippen MR) is 128 cm³/mol. The highest BCUT2D eigenvalue weighted by molar-refractivity contribution is 7.78. The lowest BCUT2D eigenvalue weighted by Crippen LogP contribution is -2.08. The molecule has 0 atom stereocenters. The van der Waals surface area contributed by atoms with Crippen molar-refractivity contribution in [3.8, 4) is 23.0 Å². The van der Waals surface area contributed by atoms with E-state index in [-0.39, 0.29) is 11.3 Å². The second-order valence-corrected chi connectivity index (χ2v) is 8.43. The molecule has 0 aliphatic heterocycles. The summed E-state index contributed by atoms with van der Waals surface area (Å²) in [6, 6.07) is 16.3. The van der Waals surface area contributed by atoms with E-state index in [4.69, 9.17) is 0 Å². The van der Waals surface area contributed by atoms with Crippen LogP contribution in [0.1, 0.15) is 47.4 Å². The predicted octanol–water partition coefficient (Wildman–Crippen LogP) is 7.62. The van der Waals surface area contributed by atoms with Gasteiger partial charge in [0.2, 0.25) is 0 Å². The Balaban J connectivity index is 1.35. The number of fused-ring (bicyclic) bond motifs is 1. The average molecular weight is 440 g/mol. The standard InChI is InChI=1S/C28H19F2NS/c29-26-15-25(31-17-32)16-27(30)28(26)23-11-10-22-12-19(13-24(22)14-23)5-4-18-6-8-21(9-7-18)20-2-1-3-20/h6-12,14-16,20H,1-3,13H2. The zero-order valence-corrected chi connectivity index (χ0v) is 18.1. The van der Waals surface area contributed by atoms with Crippen molar-refractivity contribution in [2.24, 2.45) is 4.99 Å². The average Bonchev–Trinajstić information content (AvgIpc) is 3.14. The van der Waals surface area contributed by atoms with Crippen molar-refractivity contribution in [1.29, 1.82) is 0 Å². The molecule has 0 N–H and O–H groups in total. The van der Waals surface area contributed by atoms with Crippen LogP contribution in [0.25, 0.3) is 17.2 Å². The summed E-state index contributed by atoms with van der Waals surface area (Å²) < 4.78 is 29.1. The van der Waals surface area contributed by atoms with E-state index >= 15 is 0 Å². The second-order valence-electron chi connectivity index (χ2n) is 8.25. The Kier molecular flexibility index (Phi) is 5.53. The first-order valence-electron chi connectivity index (χ1n) is 10.6. The van der Waals surface area contributed by atoms with Crippen LogP contribution in [0, 0.1) is 23.5 Å². The third kappa shape index (κ3) is 4.06. The first kappa shape index (κ1) is 20.5. The Labute approximate surface area is 191 Å². The molecule has 3 aromatic carbocycles. The van der Waals surface area contributed by atoms with Gasteiger partial charge in [-0.05, 0) is 77.5 Å². The van der Waals surface area contributed by atoms with Crippen molar-refractivity contribution < 1.29 is 8.78 Å². The molecule has 0 amide bonds. The molecule has 0 aromatic heterocycles. The van der Waals surface area contributed by atoms with Crippen LogP contribution in [0.2, 0.25) is 0 Å². The van der Waals surface area contributed by atoms with Gasteiger partial charge in [0, 0.05) is 29.7 Å². The number of hydrogen-bond acceptors (Lipinski definition) is 2. The van der Waals surface area contributed by atoms with Crippen molar-refractivity contribution in [2.45, 2.75) is 31.6 Å². The Bertz CT molecular complexity index is 1330. The highest BCUT2D eigenvalue weighted by atomic mass is 32.1. The summed E-state index contributed by atoms with van der Waals surface area (Å²) in [6.45, 7) is 0. The summed E-state index contributed by atoms with van der Waals surface area (Å²) >= 11 is 4.51. The van der Waals surface area contributed by atoms with Gasteiger partial charge in [-0.2, -0.15) is 4.99 Å². The number of nitrogens with zero attached hydrogens (tertiary/aromatic N) is 1. The maximum absolute atomic E-state index is 14.6. The van der Waals surface area contributed by atoms with Gasteiger partial charge in [0.05, 0.1) is 16.4 Å². The number of halogens is 2. The first-order valence-corrected chi connectivity index (χ1v) is 11.0. The Morgan fingerprint density at radius 1 is 0.906 bits per heavy atom. The molecule has 0 unspecified atom stereocenters. The molecule has 0 bridgehead atoms. The fourth-order valence-corrected chi connectivity index (χ4v) is 4.37. The minimum atomic E-state index is -0.676. The summed E-state index contributed by atoms with van der Waals surface area (Å²) in [5, 5.41) is 2.13. The van der Waals surface area contributed by atoms with Gasteiger partial charge in [0.15, 0.2) is 0 Å². The third-order valence-electron chi connectivity index (χ3n) is 6.20. The Morgan fingerprint density at radius 3 is 2.31 bits per heavy atom. The Morgan fingerprint density at radius 2 is 1.66 bits per heavy atom. The zero-order chi connectivity index (χ0) is 22.1. The monoisotopic (exact) mass is 439 g/mol. The molecule has 4 heteroatoms. The Hall–Kier alpha value is -3.38. The van der Waals surface area contributed by atoms with Gasteiger partial charge in [-0.3, -0.25) is 0 Å². The summed E-state index contributed by atoms with van der Waals surface area (Å²) in [5.74, 6) is 5.87. The summed E-state index contributed by atoms with van der Waals surface area (Å²) in [6.07, 6.45) is 6.59. The molecule has 1 saturated carbocycles. The largest absolute Gasteiger partial charge is 0.206 e. The van der Waals surface area contributed by atoms with Gasteiger partial charge in [-0.15, -0.1) is 0 Å². The second kappa shape index (κ2) is 8.63. The molecule has 2 aliphatic carbocycles. The van der Waals surface area contributed by atoms with Crippen molar-refractivity contribution in [3.05, 3.63) is 94.1 Å². The molecule has 1 nitrogen and oxygen atoms in total. The third-order valence-corrected chi connectivity index (χ3v) is 6.29. The van der Waals surface area contributed by atoms with Gasteiger partial charge in [0.1, 0.15) is 11.6 Å². The number of rotatable bonds is 3. The molecule has 32 heavy (non-hydrogen) atoms. The van der Waals surface area contributed by atoms with Gasteiger partial charge < -0.3 is 0 Å². The first-order chi connectivity index (χ1) is 15.6. The molecule has 1 fully saturated rings. The van der Waals surface area contributed by atoms with E-state index in [2.05, 4.69) is 58.5 Å². The smallest absolute Gasteiger partial charge is 0.136 e. The van der Waals surface area contributed by atoms with Gasteiger partial charge >= 0.3 is 0 Å². The van der Waals surface area contributed by atoms with E-state index in [1.807, 2.05) is 18.2 Å². The van der Waals surface area contributed by atoms with E-state index in [9.17, 15) is 8.78 Å². The molecule has 0 spiro atoms. The molecule has 2 aliphatic rings. The molecule has 0 radical (unpaired) electrons. The normalized spacial score (nSPS) is 14.5.